The number of hydrogen-bond donors (Lipinski definition) is 2. The molecule has 0 aliphatic carbocycles. The maximum Gasteiger partial charge on any atom is 0.271 e. The number of rotatable bonds is 18. The van der Waals surface area contributed by atoms with Gasteiger partial charge in [-0.2, -0.15) is 0 Å². The van der Waals surface area contributed by atoms with Crippen molar-refractivity contribution >= 4 is 23.1 Å². The predicted octanol–water partition coefficient (Wildman–Crippen LogP) is 4.10. The van der Waals surface area contributed by atoms with Crippen molar-refractivity contribution in [3.63, 3.8) is 0 Å². The fourth-order valence-corrected chi connectivity index (χ4v) is 2.94. The van der Waals surface area contributed by atoms with Gasteiger partial charge in [-0.05, 0) is 83.5 Å². The Morgan fingerprint density at radius 3 is 1.65 bits per heavy atom. The maximum absolute atomic E-state index is 12.6. The number of ether oxygens (including phenoxy) is 5. The minimum absolute atomic E-state index is 0.00775. The fourth-order valence-electron chi connectivity index (χ4n) is 2.94. The first-order valence-electron chi connectivity index (χ1n) is 13.2. The van der Waals surface area contributed by atoms with Gasteiger partial charge in [0.05, 0.1) is 46.2 Å². The molecule has 2 rings (SSSR count). The molecule has 0 fully saturated rings. The van der Waals surface area contributed by atoms with Crippen LogP contribution < -0.4 is 15.4 Å². The summed E-state index contributed by atoms with van der Waals surface area (Å²) in [4.78, 5) is 26.1. The molecular weight excluding hydrogens is 514 g/mol. The zero-order chi connectivity index (χ0) is 29.6. The Kier molecular flexibility index (Phi) is 18.7. The van der Waals surface area contributed by atoms with Gasteiger partial charge in [0.1, 0.15) is 18.1 Å². The van der Waals surface area contributed by atoms with Crippen LogP contribution >= 0.6 is 0 Å². The second kappa shape index (κ2) is 21.5. The summed E-state index contributed by atoms with van der Waals surface area (Å²) in [5.74, 6) is 0.390. The summed E-state index contributed by atoms with van der Waals surface area (Å²) < 4.78 is 26.7. The molecule has 0 spiro atoms. The molecule has 0 aliphatic heterocycles. The van der Waals surface area contributed by atoms with Gasteiger partial charge in [-0.15, -0.1) is 0 Å². The van der Waals surface area contributed by atoms with Crippen LogP contribution in [0.1, 0.15) is 24.2 Å². The number of nitrogens with one attached hydrogen (secondary N) is 2. The van der Waals surface area contributed by atoms with Crippen LogP contribution in [0.5, 0.6) is 5.75 Å². The van der Waals surface area contributed by atoms with Gasteiger partial charge in [-0.3, -0.25) is 9.59 Å². The van der Waals surface area contributed by atoms with Crippen LogP contribution in [-0.2, 0) is 23.7 Å². The Balaban J connectivity index is 0.00000187. The van der Waals surface area contributed by atoms with Crippen LogP contribution in [-0.4, -0.2) is 97.7 Å². The quantitative estimate of drug-likeness (QED) is 0.159. The van der Waals surface area contributed by atoms with Crippen molar-refractivity contribution in [3.05, 3.63) is 65.9 Å². The number of carbonyl (C=O) groups is 2. The Morgan fingerprint density at radius 2 is 1.18 bits per heavy atom. The molecule has 1 amide bonds. The van der Waals surface area contributed by atoms with E-state index in [1.807, 2.05) is 26.0 Å². The van der Waals surface area contributed by atoms with Gasteiger partial charge in [0.15, 0.2) is 5.78 Å². The maximum atomic E-state index is 12.6. The molecule has 10 heteroatoms. The number of methoxy groups -OCH3 is 1. The summed E-state index contributed by atoms with van der Waals surface area (Å²) in [7, 11) is 7.64. The van der Waals surface area contributed by atoms with Crippen molar-refractivity contribution < 1.29 is 33.3 Å². The lowest BCUT2D eigenvalue weighted by atomic mass is 10.1. The van der Waals surface area contributed by atoms with Gasteiger partial charge < -0.3 is 39.2 Å². The second-order valence-corrected chi connectivity index (χ2v) is 8.96. The smallest absolute Gasteiger partial charge is 0.271 e. The first-order chi connectivity index (χ1) is 19.3. The van der Waals surface area contributed by atoms with E-state index < -0.39 is 0 Å². The molecule has 0 aromatic heterocycles. The van der Waals surface area contributed by atoms with Gasteiger partial charge in [-0.25, -0.2) is 0 Å². The lowest BCUT2D eigenvalue weighted by Crippen LogP contribution is -2.19. The van der Waals surface area contributed by atoms with Crippen LogP contribution in [0.15, 0.2) is 60.3 Å². The highest BCUT2D eigenvalue weighted by atomic mass is 16.6. The van der Waals surface area contributed by atoms with E-state index in [1.54, 1.807) is 68.6 Å². The topological polar surface area (TPSA) is 108 Å². The number of hydrogen-bond acceptors (Lipinski definition) is 9. The SMILES string of the molecule is C/C=C(\Nc1ccc(C(C)=O)cc1)C(=O)Nc1ccc(OCCOCCOCCOCCOC)cc1.CN(C)C. The molecule has 0 heterocycles. The molecular formula is C30H45N3O7. The number of amides is 1. The number of carbonyl (C=O) groups excluding carboxylic acids is 2. The van der Waals surface area contributed by atoms with E-state index in [0.717, 1.165) is 0 Å². The molecule has 2 aromatic carbocycles. The number of anilines is 2. The monoisotopic (exact) mass is 559 g/mol. The Labute approximate surface area is 238 Å². The summed E-state index contributed by atoms with van der Waals surface area (Å²) >= 11 is 0. The highest BCUT2D eigenvalue weighted by Crippen LogP contribution is 2.18. The third-order valence-corrected chi connectivity index (χ3v) is 4.89. The summed E-state index contributed by atoms with van der Waals surface area (Å²) in [5, 5.41) is 5.92. The molecule has 0 atom stereocenters. The normalized spacial score (nSPS) is 11.0. The first-order valence-corrected chi connectivity index (χ1v) is 13.2. The molecule has 0 saturated carbocycles. The summed E-state index contributed by atoms with van der Waals surface area (Å²) in [5.41, 5.74) is 2.36. The van der Waals surface area contributed by atoms with Gasteiger partial charge in [0, 0.05) is 24.0 Å². The second-order valence-electron chi connectivity index (χ2n) is 8.96. The number of Topliss-reactive ketones (excluding diaryl/α,β-unsaturated/α-hetero) is 1. The van der Waals surface area contributed by atoms with E-state index in [-0.39, 0.29) is 11.7 Å². The lowest BCUT2D eigenvalue weighted by molar-refractivity contribution is -0.112. The molecule has 40 heavy (non-hydrogen) atoms. The molecule has 0 radical (unpaired) electrons. The largest absolute Gasteiger partial charge is 0.491 e. The summed E-state index contributed by atoms with van der Waals surface area (Å²) in [6.07, 6.45) is 1.69. The van der Waals surface area contributed by atoms with Crippen molar-refractivity contribution in [2.45, 2.75) is 13.8 Å². The number of nitrogens with zero attached hydrogens (tertiary/aromatic N) is 1. The van der Waals surface area contributed by atoms with Gasteiger partial charge in [0.2, 0.25) is 0 Å². The molecule has 222 valence electrons. The summed E-state index contributed by atoms with van der Waals surface area (Å²) in [6, 6.07) is 14.1. The van der Waals surface area contributed by atoms with E-state index in [4.69, 9.17) is 23.7 Å². The minimum atomic E-state index is -0.279. The molecule has 0 saturated heterocycles. The average Bonchev–Trinajstić information content (AvgIpc) is 2.93. The molecule has 0 unspecified atom stereocenters. The molecule has 10 nitrogen and oxygen atoms in total. The van der Waals surface area contributed by atoms with Gasteiger partial charge >= 0.3 is 0 Å². The predicted molar refractivity (Wildman–Crippen MR) is 158 cm³/mol. The Morgan fingerprint density at radius 1 is 0.725 bits per heavy atom. The zero-order valence-corrected chi connectivity index (χ0v) is 24.7. The molecule has 0 aliphatic rings. The zero-order valence-electron chi connectivity index (χ0n) is 24.7. The van der Waals surface area contributed by atoms with Crippen molar-refractivity contribution in [1.82, 2.24) is 4.90 Å². The minimum Gasteiger partial charge on any atom is -0.491 e. The molecule has 2 aromatic rings. The van der Waals surface area contributed by atoms with Crippen LogP contribution in [0.4, 0.5) is 11.4 Å². The van der Waals surface area contributed by atoms with E-state index in [0.29, 0.717) is 81.2 Å². The third-order valence-electron chi connectivity index (χ3n) is 4.89. The fraction of sp³-hybridized carbons (Fsp3) is 0.467. The van der Waals surface area contributed by atoms with E-state index in [9.17, 15) is 9.59 Å². The van der Waals surface area contributed by atoms with Crippen molar-refractivity contribution in [2.75, 3.05) is 91.7 Å². The average molecular weight is 560 g/mol. The standard InChI is InChI=1S/C27H36N2O7.C3H9N/c1-4-26(28-23-7-5-22(6-8-23)21(2)30)27(31)29-24-9-11-25(12-10-24)36-20-19-35-18-17-34-16-15-33-14-13-32-3;1-4(2)3/h4-12,28H,13-20H2,1-3H3,(H,29,31);1-3H3/b26-4-;. The lowest BCUT2D eigenvalue weighted by Gasteiger charge is -2.12. The van der Waals surface area contributed by atoms with E-state index in [2.05, 4.69) is 10.6 Å². The Hall–Kier alpha value is -3.28. The first kappa shape index (κ1) is 34.7. The van der Waals surface area contributed by atoms with Crippen LogP contribution in [0.3, 0.4) is 0 Å². The van der Waals surface area contributed by atoms with Crippen molar-refractivity contribution in [3.8, 4) is 5.75 Å². The van der Waals surface area contributed by atoms with Crippen LogP contribution in [0.2, 0.25) is 0 Å². The van der Waals surface area contributed by atoms with Gasteiger partial charge in [-0.1, -0.05) is 6.08 Å². The molecule has 2 N–H and O–H groups in total. The highest BCUT2D eigenvalue weighted by molar-refractivity contribution is 6.05. The number of benzene rings is 2. The number of ketones is 1. The molecule has 0 bridgehead atoms. The van der Waals surface area contributed by atoms with E-state index >= 15 is 0 Å². The number of allylic oxidation sites excluding steroid dienone is 1. The van der Waals surface area contributed by atoms with Crippen molar-refractivity contribution in [2.24, 2.45) is 0 Å². The van der Waals surface area contributed by atoms with Crippen LogP contribution in [0.25, 0.3) is 0 Å². The highest BCUT2D eigenvalue weighted by Gasteiger charge is 2.10. The van der Waals surface area contributed by atoms with Crippen molar-refractivity contribution in [1.29, 1.82) is 0 Å². The Bertz CT molecular complexity index is 991. The van der Waals surface area contributed by atoms with E-state index in [1.165, 1.54) is 6.92 Å². The third kappa shape index (κ3) is 16.6. The van der Waals surface area contributed by atoms with Gasteiger partial charge in [0.25, 0.3) is 5.91 Å². The van der Waals surface area contributed by atoms with Crippen LogP contribution in [0, 0.1) is 0 Å². The summed E-state index contributed by atoms with van der Waals surface area (Å²) in [6.45, 7) is 7.30.